The van der Waals surface area contributed by atoms with Crippen LogP contribution in [0.25, 0.3) is 0 Å². The van der Waals surface area contributed by atoms with Gasteiger partial charge in [-0.3, -0.25) is 9.59 Å². The van der Waals surface area contributed by atoms with Gasteiger partial charge in [0.2, 0.25) is 5.91 Å². The van der Waals surface area contributed by atoms with E-state index in [-0.39, 0.29) is 23.8 Å². The van der Waals surface area contributed by atoms with Crippen molar-refractivity contribution in [1.82, 2.24) is 0 Å². The summed E-state index contributed by atoms with van der Waals surface area (Å²) in [6, 6.07) is 14.7. The van der Waals surface area contributed by atoms with Crippen molar-refractivity contribution < 1.29 is 14.3 Å². The number of fused-ring (bicyclic) bond motifs is 1. The molecule has 124 valence electrons. The third kappa shape index (κ3) is 3.56. The number of carbonyl (C=O) groups is 2. The van der Waals surface area contributed by atoms with Gasteiger partial charge in [-0.05, 0) is 35.9 Å². The highest BCUT2D eigenvalue weighted by molar-refractivity contribution is 5.97. The minimum atomic E-state index is -0.265. The van der Waals surface area contributed by atoms with E-state index in [1.807, 2.05) is 44.2 Å². The van der Waals surface area contributed by atoms with Gasteiger partial charge in [0, 0.05) is 23.2 Å². The molecule has 1 aliphatic heterocycles. The Morgan fingerprint density at radius 3 is 2.71 bits per heavy atom. The average Bonchev–Trinajstić information content (AvgIpc) is 2.54. The first-order valence-electron chi connectivity index (χ1n) is 7.86. The third-order valence-electron chi connectivity index (χ3n) is 4.02. The van der Waals surface area contributed by atoms with E-state index in [1.54, 1.807) is 18.2 Å². The molecule has 1 aliphatic rings. The number of anilines is 2. The average molecular weight is 324 g/mol. The molecule has 5 nitrogen and oxygen atoms in total. The highest BCUT2D eigenvalue weighted by Crippen LogP contribution is 2.38. The summed E-state index contributed by atoms with van der Waals surface area (Å²) < 4.78 is 5.44. The lowest BCUT2D eigenvalue weighted by Gasteiger charge is -2.32. The van der Waals surface area contributed by atoms with Gasteiger partial charge in [0.15, 0.2) is 6.61 Å². The molecule has 2 N–H and O–H groups in total. The molecule has 0 aromatic heterocycles. The quantitative estimate of drug-likeness (QED) is 0.906. The van der Waals surface area contributed by atoms with Crippen LogP contribution in [0.4, 0.5) is 11.4 Å². The fourth-order valence-corrected chi connectivity index (χ4v) is 2.84. The van der Waals surface area contributed by atoms with Crippen LogP contribution in [0.1, 0.15) is 25.8 Å². The fraction of sp³-hybridized carbons (Fsp3) is 0.263. The number of para-hydroxylation sites is 1. The molecule has 2 aromatic rings. The lowest BCUT2D eigenvalue weighted by molar-refractivity contribution is -0.118. The molecule has 3 rings (SSSR count). The molecule has 5 heteroatoms. The van der Waals surface area contributed by atoms with E-state index in [0.717, 1.165) is 11.3 Å². The lowest BCUT2D eigenvalue weighted by atomic mass is 9.78. The Balaban J connectivity index is 1.68. The van der Waals surface area contributed by atoms with Gasteiger partial charge in [0.05, 0.1) is 0 Å². The van der Waals surface area contributed by atoms with Gasteiger partial charge in [-0.15, -0.1) is 0 Å². The zero-order valence-electron chi connectivity index (χ0n) is 13.8. The van der Waals surface area contributed by atoms with Crippen LogP contribution < -0.4 is 15.4 Å². The van der Waals surface area contributed by atoms with Crippen LogP contribution in [0, 0.1) is 0 Å². The molecule has 24 heavy (non-hydrogen) atoms. The number of rotatable bonds is 4. The molecule has 0 aliphatic carbocycles. The van der Waals surface area contributed by atoms with Gasteiger partial charge in [-0.25, -0.2) is 0 Å². The molecule has 2 aromatic carbocycles. The SMILES string of the molecule is CC1(C)CC(=O)Nc2ccc(NC(=O)COc3ccccc3)cc21. The van der Waals surface area contributed by atoms with Gasteiger partial charge in [-0.2, -0.15) is 0 Å². The van der Waals surface area contributed by atoms with E-state index < -0.39 is 0 Å². The van der Waals surface area contributed by atoms with Gasteiger partial charge < -0.3 is 15.4 Å². The Morgan fingerprint density at radius 1 is 1.21 bits per heavy atom. The maximum absolute atomic E-state index is 12.1. The van der Waals surface area contributed by atoms with E-state index in [2.05, 4.69) is 10.6 Å². The largest absolute Gasteiger partial charge is 0.484 e. The molecule has 0 atom stereocenters. The van der Waals surface area contributed by atoms with E-state index >= 15 is 0 Å². The number of carbonyl (C=O) groups excluding carboxylic acids is 2. The zero-order chi connectivity index (χ0) is 17.2. The summed E-state index contributed by atoms with van der Waals surface area (Å²) in [6.45, 7) is 3.99. The minimum Gasteiger partial charge on any atom is -0.484 e. The van der Waals surface area contributed by atoms with E-state index in [0.29, 0.717) is 17.9 Å². The second kappa shape index (κ2) is 6.35. The molecular weight excluding hydrogens is 304 g/mol. The Kier molecular flexibility index (Phi) is 4.25. The molecule has 0 fully saturated rings. The Labute approximate surface area is 141 Å². The van der Waals surface area contributed by atoms with Crippen LogP contribution in [-0.4, -0.2) is 18.4 Å². The highest BCUT2D eigenvalue weighted by atomic mass is 16.5. The summed E-state index contributed by atoms with van der Waals surface area (Å²) in [5.74, 6) is 0.443. The van der Waals surface area contributed by atoms with Crippen molar-refractivity contribution in [3.05, 3.63) is 54.1 Å². The summed E-state index contributed by atoms with van der Waals surface area (Å²) in [5.41, 5.74) is 2.25. The number of benzene rings is 2. The first kappa shape index (κ1) is 16.1. The van der Waals surface area contributed by atoms with Gasteiger partial charge in [0.25, 0.3) is 5.91 Å². The smallest absolute Gasteiger partial charge is 0.262 e. The summed E-state index contributed by atoms with van der Waals surface area (Å²) in [7, 11) is 0. The van der Waals surface area contributed by atoms with Crippen LogP contribution >= 0.6 is 0 Å². The maximum Gasteiger partial charge on any atom is 0.262 e. The highest BCUT2D eigenvalue weighted by Gasteiger charge is 2.32. The monoisotopic (exact) mass is 324 g/mol. The Hall–Kier alpha value is -2.82. The number of amides is 2. The third-order valence-corrected chi connectivity index (χ3v) is 4.02. The van der Waals surface area contributed by atoms with Crippen LogP contribution in [0.3, 0.4) is 0 Å². The van der Waals surface area contributed by atoms with Crippen molar-refractivity contribution in [2.75, 3.05) is 17.2 Å². The van der Waals surface area contributed by atoms with Crippen molar-refractivity contribution in [2.45, 2.75) is 25.7 Å². The topological polar surface area (TPSA) is 67.4 Å². The second-order valence-corrected chi connectivity index (χ2v) is 6.52. The second-order valence-electron chi connectivity index (χ2n) is 6.52. The first-order valence-corrected chi connectivity index (χ1v) is 7.86. The standard InChI is InChI=1S/C19H20N2O3/c1-19(2)11-17(22)21-16-9-8-13(10-15(16)19)20-18(23)12-24-14-6-4-3-5-7-14/h3-10H,11-12H2,1-2H3,(H,20,23)(H,21,22). The van der Waals surface area contributed by atoms with Crippen LogP contribution in [0.5, 0.6) is 5.75 Å². The van der Waals surface area contributed by atoms with E-state index in [9.17, 15) is 9.59 Å². The van der Waals surface area contributed by atoms with Crippen LogP contribution in [0.15, 0.2) is 48.5 Å². The van der Waals surface area contributed by atoms with Gasteiger partial charge in [-0.1, -0.05) is 32.0 Å². The normalized spacial score (nSPS) is 15.2. The number of nitrogens with one attached hydrogen (secondary N) is 2. The number of hydrogen-bond acceptors (Lipinski definition) is 3. The van der Waals surface area contributed by atoms with Crippen molar-refractivity contribution in [3.63, 3.8) is 0 Å². The molecule has 0 spiro atoms. The number of ether oxygens (including phenoxy) is 1. The van der Waals surface area contributed by atoms with Crippen molar-refractivity contribution in [1.29, 1.82) is 0 Å². The van der Waals surface area contributed by atoms with Gasteiger partial charge in [0.1, 0.15) is 5.75 Å². The Morgan fingerprint density at radius 2 is 1.96 bits per heavy atom. The predicted molar refractivity (Wildman–Crippen MR) is 93.3 cm³/mol. The molecule has 0 unspecified atom stereocenters. The van der Waals surface area contributed by atoms with Crippen LogP contribution in [0.2, 0.25) is 0 Å². The number of hydrogen-bond donors (Lipinski definition) is 2. The predicted octanol–water partition coefficient (Wildman–Crippen LogP) is 3.32. The molecule has 0 bridgehead atoms. The lowest BCUT2D eigenvalue weighted by Crippen LogP contribution is -2.32. The first-order chi connectivity index (χ1) is 11.4. The summed E-state index contributed by atoms with van der Waals surface area (Å²) in [5, 5.41) is 5.70. The fourth-order valence-electron chi connectivity index (χ4n) is 2.84. The molecular formula is C19H20N2O3. The van der Waals surface area contributed by atoms with Crippen molar-refractivity contribution in [2.24, 2.45) is 0 Å². The van der Waals surface area contributed by atoms with Crippen molar-refractivity contribution in [3.8, 4) is 5.75 Å². The van der Waals surface area contributed by atoms with E-state index in [4.69, 9.17) is 4.74 Å². The molecule has 2 amide bonds. The Bertz CT molecular complexity index is 769. The molecule has 0 saturated heterocycles. The summed E-state index contributed by atoms with van der Waals surface area (Å²) in [4.78, 5) is 23.8. The van der Waals surface area contributed by atoms with Crippen molar-refractivity contribution >= 4 is 23.2 Å². The van der Waals surface area contributed by atoms with Crippen LogP contribution in [-0.2, 0) is 15.0 Å². The van der Waals surface area contributed by atoms with E-state index in [1.165, 1.54) is 0 Å². The zero-order valence-corrected chi connectivity index (χ0v) is 13.8. The minimum absolute atomic E-state index is 0.0144. The molecule has 0 radical (unpaired) electrons. The summed E-state index contributed by atoms with van der Waals surface area (Å²) >= 11 is 0. The molecule has 1 heterocycles. The van der Waals surface area contributed by atoms with Gasteiger partial charge >= 0.3 is 0 Å². The maximum atomic E-state index is 12.1. The summed E-state index contributed by atoms with van der Waals surface area (Å²) in [6.07, 6.45) is 0.425. The molecule has 0 saturated carbocycles.